The SMILES string of the molecule is CCS(=O)(=O)C[C@@H](C)NC(=O)N1CCC(c2cnc[nH]2)CC1. The van der Waals surface area contributed by atoms with Crippen LogP contribution >= 0.6 is 0 Å². The molecule has 1 aliphatic rings. The second kappa shape index (κ2) is 7.13. The molecule has 0 spiro atoms. The van der Waals surface area contributed by atoms with Crippen molar-refractivity contribution in [1.82, 2.24) is 20.2 Å². The maximum Gasteiger partial charge on any atom is 0.317 e. The van der Waals surface area contributed by atoms with Gasteiger partial charge in [-0.25, -0.2) is 18.2 Å². The lowest BCUT2D eigenvalue weighted by Crippen LogP contribution is -2.48. The van der Waals surface area contributed by atoms with Crippen LogP contribution in [0.25, 0.3) is 0 Å². The van der Waals surface area contributed by atoms with Crippen molar-refractivity contribution < 1.29 is 13.2 Å². The van der Waals surface area contributed by atoms with Crippen LogP contribution in [0.5, 0.6) is 0 Å². The molecule has 2 rings (SSSR count). The highest BCUT2D eigenvalue weighted by Gasteiger charge is 2.25. The zero-order valence-electron chi connectivity index (χ0n) is 13.1. The minimum Gasteiger partial charge on any atom is -0.348 e. The van der Waals surface area contributed by atoms with Gasteiger partial charge in [-0.2, -0.15) is 0 Å². The Balaban J connectivity index is 1.80. The number of hydrogen-bond acceptors (Lipinski definition) is 4. The summed E-state index contributed by atoms with van der Waals surface area (Å²) in [7, 11) is -3.08. The molecule has 124 valence electrons. The normalized spacial score (nSPS) is 18.2. The van der Waals surface area contributed by atoms with Crippen LogP contribution in [0.15, 0.2) is 12.5 Å². The highest BCUT2D eigenvalue weighted by molar-refractivity contribution is 7.91. The number of sulfone groups is 1. The van der Waals surface area contributed by atoms with Crippen molar-refractivity contribution in [3.05, 3.63) is 18.2 Å². The summed E-state index contributed by atoms with van der Waals surface area (Å²) in [5, 5.41) is 2.78. The predicted octanol–water partition coefficient (Wildman–Crippen LogP) is 1.12. The lowest BCUT2D eigenvalue weighted by Gasteiger charge is -2.32. The number of aromatic amines is 1. The van der Waals surface area contributed by atoms with Gasteiger partial charge < -0.3 is 15.2 Å². The van der Waals surface area contributed by atoms with E-state index in [4.69, 9.17) is 0 Å². The molecule has 2 heterocycles. The Kier molecular flexibility index (Phi) is 5.44. The minimum absolute atomic E-state index is 0.0140. The van der Waals surface area contributed by atoms with Gasteiger partial charge in [-0.1, -0.05) is 6.92 Å². The van der Waals surface area contributed by atoms with Crippen molar-refractivity contribution >= 4 is 15.9 Å². The van der Waals surface area contributed by atoms with Gasteiger partial charge in [0.15, 0.2) is 9.84 Å². The maximum absolute atomic E-state index is 12.2. The van der Waals surface area contributed by atoms with E-state index in [2.05, 4.69) is 15.3 Å². The lowest BCUT2D eigenvalue weighted by molar-refractivity contribution is 0.178. The number of carbonyl (C=O) groups excluding carboxylic acids is 1. The first kappa shape index (κ1) is 16.8. The molecule has 1 atom stereocenters. The predicted molar refractivity (Wildman–Crippen MR) is 84.5 cm³/mol. The van der Waals surface area contributed by atoms with E-state index in [1.54, 1.807) is 25.1 Å². The first-order valence-electron chi connectivity index (χ1n) is 7.65. The zero-order chi connectivity index (χ0) is 16.2. The molecule has 1 aromatic heterocycles. The Morgan fingerprint density at radius 1 is 1.50 bits per heavy atom. The number of nitrogens with one attached hydrogen (secondary N) is 2. The van der Waals surface area contributed by atoms with Crippen molar-refractivity contribution in [2.75, 3.05) is 24.6 Å². The van der Waals surface area contributed by atoms with Crippen molar-refractivity contribution in [2.45, 2.75) is 38.6 Å². The number of likely N-dealkylation sites (tertiary alicyclic amines) is 1. The summed E-state index contributed by atoms with van der Waals surface area (Å²) in [4.78, 5) is 21.1. The Hall–Kier alpha value is -1.57. The Morgan fingerprint density at radius 2 is 2.18 bits per heavy atom. The second-order valence-corrected chi connectivity index (χ2v) is 8.22. The maximum atomic E-state index is 12.2. The van der Waals surface area contributed by atoms with Crippen molar-refractivity contribution in [1.29, 1.82) is 0 Å². The van der Waals surface area contributed by atoms with Gasteiger partial charge in [0.05, 0.1) is 12.1 Å². The molecule has 1 saturated heterocycles. The molecule has 1 fully saturated rings. The number of amides is 2. The van der Waals surface area contributed by atoms with Gasteiger partial charge in [0.1, 0.15) is 0 Å². The van der Waals surface area contributed by atoms with Crippen molar-refractivity contribution in [3.63, 3.8) is 0 Å². The Morgan fingerprint density at radius 3 is 2.73 bits per heavy atom. The van der Waals surface area contributed by atoms with Gasteiger partial charge in [0.25, 0.3) is 0 Å². The monoisotopic (exact) mass is 328 g/mol. The molecule has 1 aromatic rings. The van der Waals surface area contributed by atoms with Gasteiger partial charge in [-0.3, -0.25) is 0 Å². The van der Waals surface area contributed by atoms with Crippen LogP contribution in [0.3, 0.4) is 0 Å². The van der Waals surface area contributed by atoms with Crippen LogP contribution in [0.2, 0.25) is 0 Å². The summed E-state index contributed by atoms with van der Waals surface area (Å²) >= 11 is 0. The summed E-state index contributed by atoms with van der Waals surface area (Å²) in [6.45, 7) is 4.68. The molecular weight excluding hydrogens is 304 g/mol. The fraction of sp³-hybridized carbons (Fsp3) is 0.714. The molecule has 7 nitrogen and oxygen atoms in total. The molecule has 0 radical (unpaired) electrons. The highest BCUT2D eigenvalue weighted by Crippen LogP contribution is 2.26. The van der Waals surface area contributed by atoms with E-state index in [1.807, 2.05) is 6.20 Å². The number of urea groups is 1. The second-order valence-electron chi connectivity index (χ2n) is 5.82. The smallest absolute Gasteiger partial charge is 0.317 e. The van der Waals surface area contributed by atoms with E-state index in [1.165, 1.54) is 0 Å². The van der Waals surface area contributed by atoms with Gasteiger partial charge in [-0.15, -0.1) is 0 Å². The van der Waals surface area contributed by atoms with Crippen molar-refractivity contribution in [3.8, 4) is 0 Å². The van der Waals surface area contributed by atoms with Gasteiger partial charge in [0.2, 0.25) is 0 Å². The third-order valence-electron chi connectivity index (χ3n) is 4.06. The van der Waals surface area contributed by atoms with Crippen LogP contribution in [0.1, 0.15) is 38.3 Å². The molecule has 0 aromatic carbocycles. The average Bonchev–Trinajstić information content (AvgIpc) is 3.01. The fourth-order valence-corrected chi connectivity index (χ4v) is 3.81. The Bertz CT molecular complexity index is 577. The molecule has 0 saturated carbocycles. The van der Waals surface area contributed by atoms with E-state index in [0.29, 0.717) is 19.0 Å². The number of aromatic nitrogens is 2. The summed E-state index contributed by atoms with van der Waals surface area (Å²) in [5.74, 6) is 0.493. The third kappa shape index (κ3) is 4.46. The zero-order valence-corrected chi connectivity index (χ0v) is 13.9. The van der Waals surface area contributed by atoms with Gasteiger partial charge in [-0.05, 0) is 19.8 Å². The molecule has 1 aliphatic heterocycles. The van der Waals surface area contributed by atoms with Crippen LogP contribution in [0.4, 0.5) is 4.79 Å². The van der Waals surface area contributed by atoms with E-state index >= 15 is 0 Å². The standard InChI is InChI=1S/C14H24N4O3S/c1-3-22(20,21)9-11(2)17-14(19)18-6-4-12(5-7-18)13-8-15-10-16-13/h8,10-12H,3-7,9H2,1-2H3,(H,15,16)(H,17,19)/t11-/m1/s1. The number of carbonyl (C=O) groups is 1. The summed E-state index contributed by atoms with van der Waals surface area (Å²) in [6, 6.07) is -0.551. The molecule has 22 heavy (non-hydrogen) atoms. The topological polar surface area (TPSA) is 95.2 Å². The van der Waals surface area contributed by atoms with Crippen LogP contribution in [-0.4, -0.2) is 60.0 Å². The minimum atomic E-state index is -3.08. The quantitative estimate of drug-likeness (QED) is 0.847. The van der Waals surface area contributed by atoms with Crippen LogP contribution < -0.4 is 5.32 Å². The molecular formula is C14H24N4O3S. The first-order chi connectivity index (χ1) is 10.4. The summed E-state index contributed by atoms with van der Waals surface area (Å²) < 4.78 is 23.1. The van der Waals surface area contributed by atoms with Crippen LogP contribution in [0, 0.1) is 0 Å². The van der Waals surface area contributed by atoms with Gasteiger partial charge >= 0.3 is 6.03 Å². The van der Waals surface area contributed by atoms with E-state index < -0.39 is 9.84 Å². The lowest BCUT2D eigenvalue weighted by atomic mass is 9.94. The van der Waals surface area contributed by atoms with Crippen LogP contribution in [-0.2, 0) is 9.84 Å². The highest BCUT2D eigenvalue weighted by atomic mass is 32.2. The molecule has 0 bridgehead atoms. The molecule has 8 heteroatoms. The molecule has 0 aliphatic carbocycles. The third-order valence-corrected chi connectivity index (χ3v) is 5.94. The largest absolute Gasteiger partial charge is 0.348 e. The van der Waals surface area contributed by atoms with E-state index in [0.717, 1.165) is 18.5 Å². The molecule has 2 N–H and O–H groups in total. The van der Waals surface area contributed by atoms with Gasteiger partial charge in [0, 0.05) is 42.7 Å². The summed E-state index contributed by atoms with van der Waals surface area (Å²) in [6.07, 6.45) is 5.27. The number of hydrogen-bond donors (Lipinski definition) is 2. The van der Waals surface area contributed by atoms with E-state index in [9.17, 15) is 13.2 Å². The number of piperidine rings is 1. The van der Waals surface area contributed by atoms with Crippen molar-refractivity contribution in [2.24, 2.45) is 0 Å². The summed E-state index contributed by atoms with van der Waals surface area (Å²) in [5.41, 5.74) is 1.11. The van der Waals surface area contributed by atoms with E-state index in [-0.39, 0.29) is 23.6 Å². The fourth-order valence-electron chi connectivity index (χ4n) is 2.73. The molecule has 0 unspecified atom stereocenters. The number of rotatable bonds is 5. The number of H-pyrrole nitrogens is 1. The number of imidazole rings is 1. The first-order valence-corrected chi connectivity index (χ1v) is 9.47. The number of nitrogens with zero attached hydrogens (tertiary/aromatic N) is 2. The Labute approximate surface area is 131 Å². The molecule has 2 amide bonds. The average molecular weight is 328 g/mol.